The molecular weight excluding hydrogens is 310 g/mol. The van der Waals surface area contributed by atoms with Crippen LogP contribution in [0.15, 0.2) is 42.5 Å². The molecule has 0 aliphatic rings. The van der Waals surface area contributed by atoms with E-state index < -0.39 is 0 Å². The monoisotopic (exact) mass is 339 g/mol. The first-order valence-electron chi connectivity index (χ1n) is 9.01. The Morgan fingerprint density at radius 3 is 2.12 bits per heavy atom. The molecule has 0 atom stereocenters. The highest BCUT2D eigenvalue weighted by atomic mass is 16.5. The number of nitrogens with one attached hydrogen (secondary N) is 1. The Bertz CT molecular complexity index is 693. The average molecular weight is 339 g/mol. The largest absolute Gasteiger partial charge is 0.493 e. The molecule has 0 heterocycles. The van der Waals surface area contributed by atoms with Gasteiger partial charge < -0.3 is 10.1 Å². The van der Waals surface area contributed by atoms with Gasteiger partial charge in [-0.25, -0.2) is 0 Å². The molecule has 0 aliphatic heterocycles. The number of carbonyl (C=O) groups excluding carboxylic acids is 1. The molecule has 1 amide bonds. The van der Waals surface area contributed by atoms with Crippen molar-refractivity contribution in [1.82, 2.24) is 0 Å². The molecule has 25 heavy (non-hydrogen) atoms. The summed E-state index contributed by atoms with van der Waals surface area (Å²) in [7, 11) is 0. The first kappa shape index (κ1) is 19.0. The predicted octanol–water partition coefficient (Wildman–Crippen LogP) is 5.65. The Morgan fingerprint density at radius 1 is 0.960 bits per heavy atom. The fraction of sp³-hybridized carbons (Fsp3) is 0.409. The number of benzene rings is 2. The van der Waals surface area contributed by atoms with E-state index in [1.165, 1.54) is 11.1 Å². The second-order valence-electron chi connectivity index (χ2n) is 7.03. The second kappa shape index (κ2) is 8.70. The average Bonchev–Trinajstić information content (AvgIpc) is 2.56. The third-order valence-corrected chi connectivity index (χ3v) is 4.32. The molecule has 0 spiro atoms. The topological polar surface area (TPSA) is 38.3 Å². The molecule has 2 rings (SSSR count). The van der Waals surface area contributed by atoms with Gasteiger partial charge in [-0.2, -0.15) is 0 Å². The van der Waals surface area contributed by atoms with E-state index in [2.05, 4.69) is 51.2 Å². The van der Waals surface area contributed by atoms with Gasteiger partial charge in [0.05, 0.1) is 13.0 Å². The standard InChI is InChI=1S/C22H29NO2/c1-15(2)18-10-8-11-19(16(3)4)22(18)23-21(24)13-14-25-20-12-7-6-9-17(20)5/h6-12,15-16H,13-14H2,1-5H3,(H,23,24). The zero-order chi connectivity index (χ0) is 18.4. The summed E-state index contributed by atoms with van der Waals surface area (Å²) in [5.41, 5.74) is 4.40. The summed E-state index contributed by atoms with van der Waals surface area (Å²) < 4.78 is 5.74. The number of ether oxygens (including phenoxy) is 1. The van der Waals surface area contributed by atoms with Crippen LogP contribution in [0.3, 0.4) is 0 Å². The molecule has 0 saturated heterocycles. The third kappa shape index (κ3) is 5.09. The molecule has 0 saturated carbocycles. The molecule has 2 aromatic carbocycles. The molecule has 3 nitrogen and oxygen atoms in total. The lowest BCUT2D eigenvalue weighted by atomic mass is 9.92. The van der Waals surface area contributed by atoms with Crippen LogP contribution in [-0.2, 0) is 4.79 Å². The number of para-hydroxylation sites is 2. The summed E-state index contributed by atoms with van der Waals surface area (Å²) in [6, 6.07) is 14.1. The van der Waals surface area contributed by atoms with Crippen molar-refractivity contribution >= 4 is 11.6 Å². The number of hydrogen-bond acceptors (Lipinski definition) is 2. The van der Waals surface area contributed by atoms with E-state index in [-0.39, 0.29) is 5.91 Å². The van der Waals surface area contributed by atoms with Crippen molar-refractivity contribution in [3.63, 3.8) is 0 Å². The molecule has 0 bridgehead atoms. The zero-order valence-corrected chi connectivity index (χ0v) is 15.9. The Kier molecular flexibility index (Phi) is 6.63. The summed E-state index contributed by atoms with van der Waals surface area (Å²) in [4.78, 5) is 12.4. The van der Waals surface area contributed by atoms with Crippen molar-refractivity contribution in [1.29, 1.82) is 0 Å². The van der Waals surface area contributed by atoms with E-state index in [1.54, 1.807) is 0 Å². The predicted molar refractivity (Wildman–Crippen MR) is 105 cm³/mol. The van der Waals surface area contributed by atoms with Gasteiger partial charge in [0.25, 0.3) is 0 Å². The van der Waals surface area contributed by atoms with E-state index in [0.29, 0.717) is 24.9 Å². The van der Waals surface area contributed by atoms with Crippen LogP contribution < -0.4 is 10.1 Å². The summed E-state index contributed by atoms with van der Waals surface area (Å²) in [6.07, 6.45) is 0.332. The molecule has 0 unspecified atom stereocenters. The maximum Gasteiger partial charge on any atom is 0.227 e. The van der Waals surface area contributed by atoms with Crippen LogP contribution in [0.1, 0.15) is 62.6 Å². The summed E-state index contributed by atoms with van der Waals surface area (Å²) in [6.45, 7) is 11.0. The Labute approximate surface area is 151 Å². The van der Waals surface area contributed by atoms with Gasteiger partial charge in [-0.3, -0.25) is 4.79 Å². The van der Waals surface area contributed by atoms with E-state index in [0.717, 1.165) is 17.0 Å². The van der Waals surface area contributed by atoms with Gasteiger partial charge in [0.15, 0.2) is 0 Å². The van der Waals surface area contributed by atoms with Gasteiger partial charge >= 0.3 is 0 Å². The van der Waals surface area contributed by atoms with Crippen LogP contribution in [0.5, 0.6) is 5.75 Å². The number of hydrogen-bond donors (Lipinski definition) is 1. The van der Waals surface area contributed by atoms with Crippen molar-refractivity contribution < 1.29 is 9.53 Å². The second-order valence-corrected chi connectivity index (χ2v) is 7.03. The molecule has 0 radical (unpaired) electrons. The van der Waals surface area contributed by atoms with Crippen molar-refractivity contribution in [2.24, 2.45) is 0 Å². The fourth-order valence-corrected chi connectivity index (χ4v) is 2.87. The minimum atomic E-state index is -0.0106. The molecule has 2 aromatic rings. The van der Waals surface area contributed by atoms with E-state index in [4.69, 9.17) is 4.74 Å². The molecule has 1 N–H and O–H groups in total. The zero-order valence-electron chi connectivity index (χ0n) is 15.9. The number of carbonyl (C=O) groups is 1. The van der Waals surface area contributed by atoms with Gasteiger partial charge in [-0.15, -0.1) is 0 Å². The quantitative estimate of drug-likeness (QED) is 0.708. The van der Waals surface area contributed by atoms with Gasteiger partial charge in [0, 0.05) is 5.69 Å². The molecule has 0 aliphatic carbocycles. The molecule has 0 aromatic heterocycles. The third-order valence-electron chi connectivity index (χ3n) is 4.32. The highest BCUT2D eigenvalue weighted by Crippen LogP contribution is 2.32. The lowest BCUT2D eigenvalue weighted by molar-refractivity contribution is -0.116. The Morgan fingerprint density at radius 2 is 1.56 bits per heavy atom. The summed E-state index contributed by atoms with van der Waals surface area (Å²) >= 11 is 0. The lowest BCUT2D eigenvalue weighted by Gasteiger charge is -2.20. The van der Waals surface area contributed by atoms with E-state index >= 15 is 0 Å². The normalized spacial score (nSPS) is 11.0. The Hall–Kier alpha value is -2.29. The highest BCUT2D eigenvalue weighted by molar-refractivity contribution is 5.92. The van der Waals surface area contributed by atoms with Crippen LogP contribution in [0.25, 0.3) is 0 Å². The number of anilines is 1. The minimum Gasteiger partial charge on any atom is -0.493 e. The van der Waals surface area contributed by atoms with Crippen LogP contribution >= 0.6 is 0 Å². The SMILES string of the molecule is Cc1ccccc1OCCC(=O)Nc1c(C(C)C)cccc1C(C)C. The summed E-state index contributed by atoms with van der Waals surface area (Å²) in [5, 5.41) is 3.12. The maximum absolute atomic E-state index is 12.4. The van der Waals surface area contributed by atoms with Crippen LogP contribution in [-0.4, -0.2) is 12.5 Å². The summed E-state index contributed by atoms with van der Waals surface area (Å²) in [5.74, 6) is 1.54. The van der Waals surface area contributed by atoms with Crippen molar-refractivity contribution in [3.8, 4) is 5.75 Å². The molecule has 0 fully saturated rings. The first-order chi connectivity index (χ1) is 11.9. The number of amides is 1. The van der Waals surface area contributed by atoms with Crippen LogP contribution in [0.4, 0.5) is 5.69 Å². The number of rotatable bonds is 7. The lowest BCUT2D eigenvalue weighted by Crippen LogP contribution is -2.18. The molecule has 3 heteroatoms. The van der Waals surface area contributed by atoms with Gasteiger partial charge in [-0.05, 0) is 41.5 Å². The van der Waals surface area contributed by atoms with Crippen LogP contribution in [0.2, 0.25) is 0 Å². The van der Waals surface area contributed by atoms with Gasteiger partial charge in [0.2, 0.25) is 5.91 Å². The smallest absolute Gasteiger partial charge is 0.227 e. The number of aryl methyl sites for hydroxylation is 1. The highest BCUT2D eigenvalue weighted by Gasteiger charge is 2.16. The molecule has 134 valence electrons. The molecular formula is C22H29NO2. The maximum atomic E-state index is 12.4. The van der Waals surface area contributed by atoms with Crippen molar-refractivity contribution in [2.45, 2.75) is 52.9 Å². The Balaban J connectivity index is 2.04. The minimum absolute atomic E-state index is 0.0106. The van der Waals surface area contributed by atoms with Gasteiger partial charge in [-0.1, -0.05) is 64.1 Å². The van der Waals surface area contributed by atoms with Crippen LogP contribution in [0, 0.1) is 6.92 Å². The van der Waals surface area contributed by atoms with E-state index in [9.17, 15) is 4.79 Å². The first-order valence-corrected chi connectivity index (χ1v) is 9.01. The van der Waals surface area contributed by atoms with Crippen molar-refractivity contribution in [2.75, 3.05) is 11.9 Å². The van der Waals surface area contributed by atoms with Crippen molar-refractivity contribution in [3.05, 3.63) is 59.2 Å². The fourth-order valence-electron chi connectivity index (χ4n) is 2.87. The van der Waals surface area contributed by atoms with E-state index in [1.807, 2.05) is 31.2 Å². The van der Waals surface area contributed by atoms with Gasteiger partial charge in [0.1, 0.15) is 5.75 Å².